The van der Waals surface area contributed by atoms with Gasteiger partial charge in [0, 0.05) is 0 Å². The third kappa shape index (κ3) is 5.43. The van der Waals surface area contributed by atoms with Crippen LogP contribution in [0.15, 0.2) is 0 Å². The first-order chi connectivity index (χ1) is 3.81. The molecule has 0 saturated carbocycles. The molecule has 0 radical (unpaired) electrons. The molecule has 0 aliphatic rings. The Bertz CT molecular complexity index is 43.7. The molecule has 0 aliphatic carbocycles. The van der Waals surface area contributed by atoms with E-state index in [0.717, 1.165) is 3.26 Å². The molecular formula is C5H11LiS2. The summed E-state index contributed by atoms with van der Waals surface area (Å²) >= 11 is 6.30. The summed E-state index contributed by atoms with van der Waals surface area (Å²) in [5, 5.41) is 0. The van der Waals surface area contributed by atoms with Gasteiger partial charge in [-0.3, -0.25) is 0 Å². The zero-order chi connectivity index (χ0) is 6.41. The van der Waals surface area contributed by atoms with Gasteiger partial charge in [-0.25, -0.2) is 0 Å². The summed E-state index contributed by atoms with van der Waals surface area (Å²) in [6, 6.07) is 0. The second-order valence-corrected chi connectivity index (χ2v) is 5.01. The van der Waals surface area contributed by atoms with Crippen LogP contribution >= 0.6 is 23.5 Å². The summed E-state index contributed by atoms with van der Waals surface area (Å²) in [6.45, 7) is 4.41. The van der Waals surface area contributed by atoms with E-state index in [1.807, 2.05) is 23.5 Å². The van der Waals surface area contributed by atoms with E-state index in [4.69, 9.17) is 0 Å². The van der Waals surface area contributed by atoms with Crippen LogP contribution in [-0.2, 0) is 0 Å². The van der Waals surface area contributed by atoms with Crippen LogP contribution in [0.5, 0.6) is 0 Å². The Balaban J connectivity index is 2.92. The fourth-order valence-electron chi connectivity index (χ4n) is 0.518. The molecule has 0 atom stereocenters. The molecule has 44 valence electrons. The normalized spacial score (nSPS) is 10.6. The fraction of sp³-hybridized carbons (Fsp3) is 1.00. The summed E-state index contributed by atoms with van der Waals surface area (Å²) in [7, 11) is 0. The maximum absolute atomic E-state index is 2.27. The second kappa shape index (κ2) is 6.42. The minimum atomic E-state index is 0.796. The Kier molecular flexibility index (Phi) is 7.46. The molecule has 0 N–H and O–H groups in total. The van der Waals surface area contributed by atoms with Crippen LogP contribution in [0.25, 0.3) is 0 Å². The predicted molar refractivity (Wildman–Crippen MR) is 45.8 cm³/mol. The van der Waals surface area contributed by atoms with E-state index >= 15 is 0 Å². The van der Waals surface area contributed by atoms with Crippen LogP contribution in [0.4, 0.5) is 0 Å². The van der Waals surface area contributed by atoms with Crippen molar-refractivity contribution in [3.63, 3.8) is 0 Å². The van der Waals surface area contributed by atoms with Gasteiger partial charge in [-0.05, 0) is 0 Å². The van der Waals surface area contributed by atoms with E-state index < -0.39 is 0 Å². The minimum absolute atomic E-state index is 0.796. The van der Waals surface area contributed by atoms with Gasteiger partial charge in [0.1, 0.15) is 0 Å². The second-order valence-electron chi connectivity index (χ2n) is 1.48. The van der Waals surface area contributed by atoms with Crippen molar-refractivity contribution in [3.05, 3.63) is 0 Å². The first kappa shape index (κ1) is 9.30. The number of hydrogen-bond acceptors (Lipinski definition) is 2. The summed E-state index contributed by atoms with van der Waals surface area (Å²) in [6.07, 6.45) is 0. The third-order valence-corrected chi connectivity index (χ3v) is 3.22. The Morgan fingerprint density at radius 2 is 1.62 bits per heavy atom. The van der Waals surface area contributed by atoms with Crippen LogP contribution in [0.3, 0.4) is 0 Å². The van der Waals surface area contributed by atoms with E-state index in [0.29, 0.717) is 0 Å². The zero-order valence-electron chi connectivity index (χ0n) is 5.81. The molecule has 0 fully saturated rings. The standard InChI is InChI=1S/C5H11S2.Li/c1-3-6-5-7-4-2;/h5H,3-4H2,1-2H3;. The van der Waals surface area contributed by atoms with Crippen molar-refractivity contribution in [1.29, 1.82) is 0 Å². The molecule has 0 unspecified atom stereocenters. The van der Waals surface area contributed by atoms with Gasteiger partial charge >= 0.3 is 69.8 Å². The SMILES string of the molecule is [Li][CH](SCC)SCC. The average Bonchev–Trinajstić information content (AvgIpc) is 1.68. The molecule has 0 amide bonds. The van der Waals surface area contributed by atoms with Crippen molar-refractivity contribution in [1.82, 2.24) is 0 Å². The molecule has 0 aromatic rings. The monoisotopic (exact) mass is 142 g/mol. The van der Waals surface area contributed by atoms with Crippen LogP contribution < -0.4 is 0 Å². The van der Waals surface area contributed by atoms with Gasteiger partial charge < -0.3 is 0 Å². The van der Waals surface area contributed by atoms with E-state index in [-0.39, 0.29) is 0 Å². The quantitative estimate of drug-likeness (QED) is 0.434. The van der Waals surface area contributed by atoms with E-state index in [2.05, 4.69) is 31.6 Å². The molecule has 0 saturated heterocycles. The molecule has 0 aromatic heterocycles. The fourth-order valence-corrected chi connectivity index (χ4v) is 2.66. The van der Waals surface area contributed by atoms with Crippen molar-refractivity contribution >= 4 is 41.2 Å². The molecule has 0 bridgehead atoms. The van der Waals surface area contributed by atoms with E-state index in [1.54, 1.807) is 0 Å². The Morgan fingerprint density at radius 1 is 1.25 bits per heavy atom. The summed E-state index contributed by atoms with van der Waals surface area (Å²) < 4.78 is 0.796. The van der Waals surface area contributed by atoms with Crippen molar-refractivity contribution in [2.45, 2.75) is 17.1 Å². The Hall–Kier alpha value is 1.30. The molecule has 0 nitrogen and oxygen atoms in total. The van der Waals surface area contributed by atoms with Crippen LogP contribution in [0.2, 0.25) is 0 Å². The summed E-state index contributed by atoms with van der Waals surface area (Å²) in [5.41, 5.74) is 0. The topological polar surface area (TPSA) is 0 Å². The van der Waals surface area contributed by atoms with Crippen molar-refractivity contribution in [2.75, 3.05) is 11.5 Å². The van der Waals surface area contributed by atoms with Crippen molar-refractivity contribution in [2.24, 2.45) is 0 Å². The molecule has 8 heavy (non-hydrogen) atoms. The van der Waals surface area contributed by atoms with Crippen LogP contribution in [-0.4, -0.2) is 32.5 Å². The third-order valence-electron chi connectivity index (χ3n) is 0.803. The number of thioether (sulfide) groups is 2. The molecule has 0 aliphatic heterocycles. The van der Waals surface area contributed by atoms with Crippen molar-refractivity contribution < 1.29 is 0 Å². The number of hydrogen-bond donors (Lipinski definition) is 0. The van der Waals surface area contributed by atoms with Gasteiger partial charge in [0.2, 0.25) is 0 Å². The molecule has 3 heteroatoms. The van der Waals surface area contributed by atoms with Gasteiger partial charge in [-0.15, -0.1) is 0 Å². The van der Waals surface area contributed by atoms with Gasteiger partial charge in [0.15, 0.2) is 0 Å². The maximum atomic E-state index is 2.27. The first-order valence-electron chi connectivity index (χ1n) is 3.04. The Labute approximate surface area is 69.8 Å². The molecule has 0 aromatic carbocycles. The van der Waals surface area contributed by atoms with Gasteiger partial charge in [-0.1, -0.05) is 0 Å². The van der Waals surface area contributed by atoms with E-state index in [9.17, 15) is 0 Å². The zero-order valence-corrected chi connectivity index (χ0v) is 7.44. The molecular weight excluding hydrogens is 131 g/mol. The molecule has 0 spiro atoms. The summed E-state index contributed by atoms with van der Waals surface area (Å²) in [4.78, 5) is 0. The average molecular weight is 142 g/mol. The van der Waals surface area contributed by atoms with Crippen molar-refractivity contribution in [3.8, 4) is 0 Å². The summed E-state index contributed by atoms with van der Waals surface area (Å²) in [5.74, 6) is 2.49. The van der Waals surface area contributed by atoms with Gasteiger partial charge in [0.05, 0.1) is 0 Å². The van der Waals surface area contributed by atoms with E-state index in [1.165, 1.54) is 11.5 Å². The Morgan fingerprint density at radius 3 is 1.88 bits per heavy atom. The molecule has 0 rings (SSSR count). The molecule has 0 heterocycles. The van der Waals surface area contributed by atoms with Gasteiger partial charge in [-0.2, -0.15) is 0 Å². The van der Waals surface area contributed by atoms with Crippen LogP contribution in [0.1, 0.15) is 13.8 Å². The first-order valence-corrected chi connectivity index (χ1v) is 5.14. The number of rotatable bonds is 4. The van der Waals surface area contributed by atoms with Crippen LogP contribution in [0, 0.1) is 0 Å². The predicted octanol–water partition coefficient (Wildman–Crippen LogP) is 1.94. The van der Waals surface area contributed by atoms with Gasteiger partial charge in [0.25, 0.3) is 0 Å².